The van der Waals surface area contributed by atoms with Crippen molar-refractivity contribution in [3.8, 4) is 0 Å². The molecule has 1 atom stereocenters. The van der Waals surface area contributed by atoms with Gasteiger partial charge in [-0.15, -0.1) is 0 Å². The molecule has 0 saturated heterocycles. The summed E-state index contributed by atoms with van der Waals surface area (Å²) in [5.41, 5.74) is 1.77. The van der Waals surface area contributed by atoms with Gasteiger partial charge < -0.3 is 0 Å². The van der Waals surface area contributed by atoms with Gasteiger partial charge in [-0.1, -0.05) is 70.2 Å². The molecule has 0 heterocycles. The Hall–Kier alpha value is -1.30. The van der Waals surface area contributed by atoms with Gasteiger partial charge in [0, 0.05) is 0 Å². The van der Waals surface area contributed by atoms with Gasteiger partial charge in [0.2, 0.25) is 0 Å². The lowest BCUT2D eigenvalue weighted by molar-refractivity contribution is 0.341. The van der Waals surface area contributed by atoms with Crippen LogP contribution < -0.4 is 0 Å². The van der Waals surface area contributed by atoms with Crippen molar-refractivity contribution in [2.75, 3.05) is 0 Å². The van der Waals surface area contributed by atoms with Gasteiger partial charge >= 0.3 is 0 Å². The molecular weight excluding hydrogens is 192 g/mol. The average Bonchev–Trinajstić information content (AvgIpc) is 2.26. The van der Waals surface area contributed by atoms with Crippen molar-refractivity contribution in [2.45, 2.75) is 33.6 Å². The molecule has 0 amide bonds. The van der Waals surface area contributed by atoms with Gasteiger partial charge in [0.25, 0.3) is 0 Å². The van der Waals surface area contributed by atoms with Gasteiger partial charge in [0.05, 0.1) is 0 Å². The Morgan fingerprint density at radius 2 is 1.50 bits per heavy atom. The Bertz CT molecular complexity index is 483. The van der Waals surface area contributed by atoms with Crippen molar-refractivity contribution in [3.63, 3.8) is 0 Å². The molecule has 0 aliphatic heterocycles. The van der Waals surface area contributed by atoms with E-state index in [1.165, 1.54) is 16.3 Å². The highest BCUT2D eigenvalue weighted by molar-refractivity contribution is 5.86. The Morgan fingerprint density at radius 1 is 0.875 bits per heavy atom. The topological polar surface area (TPSA) is 0 Å². The molecule has 2 rings (SSSR count). The minimum absolute atomic E-state index is 0.310. The van der Waals surface area contributed by atoms with Gasteiger partial charge in [-0.2, -0.15) is 0 Å². The second-order valence-corrected chi connectivity index (χ2v) is 5.66. The molecule has 0 radical (unpaired) electrons. The molecule has 0 aliphatic carbocycles. The molecule has 0 unspecified atom stereocenters. The van der Waals surface area contributed by atoms with E-state index in [2.05, 4.69) is 70.2 Å². The molecule has 16 heavy (non-hydrogen) atoms. The van der Waals surface area contributed by atoms with Gasteiger partial charge in [0.1, 0.15) is 0 Å². The molecule has 0 fully saturated rings. The highest BCUT2D eigenvalue weighted by atomic mass is 14.3. The lowest BCUT2D eigenvalue weighted by Crippen LogP contribution is -2.15. The highest BCUT2D eigenvalue weighted by Gasteiger charge is 2.22. The maximum absolute atomic E-state index is 2.32. The molecule has 0 saturated carbocycles. The zero-order chi connectivity index (χ0) is 11.8. The maximum atomic E-state index is 2.32. The van der Waals surface area contributed by atoms with E-state index in [-0.39, 0.29) is 0 Å². The van der Waals surface area contributed by atoms with Crippen LogP contribution in [-0.4, -0.2) is 0 Å². The van der Waals surface area contributed by atoms with E-state index in [0.29, 0.717) is 11.3 Å². The van der Waals surface area contributed by atoms with Gasteiger partial charge in [-0.25, -0.2) is 0 Å². The summed E-state index contributed by atoms with van der Waals surface area (Å²) in [6, 6.07) is 15.3. The SMILES string of the molecule is C[C@H](c1cccc2ccccc12)C(C)(C)C. The summed E-state index contributed by atoms with van der Waals surface area (Å²) in [5, 5.41) is 2.74. The minimum atomic E-state index is 0.310. The molecule has 0 nitrogen and oxygen atoms in total. The molecule has 84 valence electrons. The third kappa shape index (κ3) is 1.97. The summed E-state index contributed by atoms with van der Waals surface area (Å²) < 4.78 is 0. The number of hydrogen-bond acceptors (Lipinski definition) is 0. The van der Waals surface area contributed by atoms with Crippen molar-refractivity contribution < 1.29 is 0 Å². The predicted octanol–water partition coefficient (Wildman–Crippen LogP) is 4.99. The van der Waals surface area contributed by atoms with Crippen molar-refractivity contribution >= 4 is 10.8 Å². The summed E-state index contributed by atoms with van der Waals surface area (Å²) in [7, 11) is 0. The first kappa shape index (κ1) is 11.2. The normalized spacial score (nSPS) is 14.0. The predicted molar refractivity (Wildman–Crippen MR) is 71.8 cm³/mol. The molecule has 0 spiro atoms. The van der Waals surface area contributed by atoms with Crippen molar-refractivity contribution in [2.24, 2.45) is 5.41 Å². The van der Waals surface area contributed by atoms with E-state index in [1.54, 1.807) is 0 Å². The summed E-state index contributed by atoms with van der Waals surface area (Å²) in [5.74, 6) is 0.568. The van der Waals surface area contributed by atoms with Crippen LogP contribution >= 0.6 is 0 Å². The van der Waals surface area contributed by atoms with Crippen molar-refractivity contribution in [3.05, 3.63) is 48.0 Å². The first-order chi connectivity index (χ1) is 7.50. The average molecular weight is 212 g/mol. The monoisotopic (exact) mass is 212 g/mol. The zero-order valence-corrected chi connectivity index (χ0v) is 10.6. The molecule has 2 aromatic carbocycles. The van der Waals surface area contributed by atoms with Crippen molar-refractivity contribution in [1.29, 1.82) is 0 Å². The second-order valence-electron chi connectivity index (χ2n) is 5.66. The minimum Gasteiger partial charge on any atom is -0.0616 e. The lowest BCUT2D eigenvalue weighted by atomic mass is 9.76. The van der Waals surface area contributed by atoms with Crippen LogP contribution in [0.25, 0.3) is 10.8 Å². The van der Waals surface area contributed by atoms with Crippen LogP contribution in [0.1, 0.15) is 39.2 Å². The van der Waals surface area contributed by atoms with Crippen LogP contribution in [0.2, 0.25) is 0 Å². The third-order valence-corrected chi connectivity index (χ3v) is 3.59. The fourth-order valence-electron chi connectivity index (χ4n) is 2.09. The van der Waals surface area contributed by atoms with E-state index < -0.39 is 0 Å². The van der Waals surface area contributed by atoms with Crippen LogP contribution in [0.15, 0.2) is 42.5 Å². The Balaban J connectivity index is 2.61. The van der Waals surface area contributed by atoms with E-state index in [0.717, 1.165) is 0 Å². The summed E-state index contributed by atoms with van der Waals surface area (Å²) >= 11 is 0. The van der Waals surface area contributed by atoms with Crippen LogP contribution in [0, 0.1) is 5.41 Å². The zero-order valence-electron chi connectivity index (χ0n) is 10.6. The molecule has 0 bridgehead atoms. The van der Waals surface area contributed by atoms with Crippen LogP contribution in [0.3, 0.4) is 0 Å². The Morgan fingerprint density at radius 3 is 2.19 bits per heavy atom. The van der Waals surface area contributed by atoms with Crippen LogP contribution in [-0.2, 0) is 0 Å². The van der Waals surface area contributed by atoms with Gasteiger partial charge in [-0.3, -0.25) is 0 Å². The molecule has 2 aromatic rings. The van der Waals surface area contributed by atoms with E-state index in [9.17, 15) is 0 Å². The first-order valence-corrected chi connectivity index (χ1v) is 5.98. The van der Waals surface area contributed by atoms with Gasteiger partial charge in [-0.05, 0) is 27.7 Å². The second kappa shape index (κ2) is 3.93. The summed E-state index contributed by atoms with van der Waals surface area (Å²) in [4.78, 5) is 0. The summed E-state index contributed by atoms with van der Waals surface area (Å²) in [6.45, 7) is 9.24. The number of fused-ring (bicyclic) bond motifs is 1. The van der Waals surface area contributed by atoms with Gasteiger partial charge in [0.15, 0.2) is 0 Å². The quantitative estimate of drug-likeness (QED) is 0.624. The maximum Gasteiger partial charge on any atom is -0.0135 e. The third-order valence-electron chi connectivity index (χ3n) is 3.59. The van der Waals surface area contributed by atoms with Crippen molar-refractivity contribution in [1.82, 2.24) is 0 Å². The first-order valence-electron chi connectivity index (χ1n) is 5.98. The van der Waals surface area contributed by atoms with E-state index in [4.69, 9.17) is 0 Å². The number of rotatable bonds is 1. The van der Waals surface area contributed by atoms with Crippen LogP contribution in [0.4, 0.5) is 0 Å². The molecule has 0 heteroatoms. The Kier molecular flexibility index (Phi) is 2.75. The molecule has 0 aromatic heterocycles. The number of benzene rings is 2. The van der Waals surface area contributed by atoms with Crippen LogP contribution in [0.5, 0.6) is 0 Å². The lowest BCUT2D eigenvalue weighted by Gasteiger charge is -2.28. The van der Waals surface area contributed by atoms with E-state index in [1.807, 2.05) is 0 Å². The largest absolute Gasteiger partial charge is 0.0616 e. The smallest absolute Gasteiger partial charge is 0.0135 e. The number of hydrogen-bond donors (Lipinski definition) is 0. The fraction of sp³-hybridized carbons (Fsp3) is 0.375. The molecule has 0 N–H and O–H groups in total. The molecule has 0 aliphatic rings. The summed E-state index contributed by atoms with van der Waals surface area (Å²) in [6.07, 6.45) is 0. The standard InChI is InChI=1S/C16H20/c1-12(16(2,3)4)14-11-7-9-13-8-5-6-10-15(13)14/h5-12H,1-4H3/t12-/m1/s1. The highest BCUT2D eigenvalue weighted by Crippen LogP contribution is 2.37. The molecular formula is C16H20. The van der Waals surface area contributed by atoms with E-state index >= 15 is 0 Å². The Labute approximate surface area is 98.3 Å². The fourth-order valence-corrected chi connectivity index (χ4v) is 2.09.